The van der Waals surface area contributed by atoms with Gasteiger partial charge < -0.3 is 10.5 Å². The molecule has 4 aromatic rings. The zero-order valence-electron chi connectivity index (χ0n) is 16.3. The van der Waals surface area contributed by atoms with Gasteiger partial charge in [-0.25, -0.2) is 10.1 Å². The summed E-state index contributed by atoms with van der Waals surface area (Å²) >= 11 is 0. The fraction of sp³-hybridized carbons (Fsp3) is 0.105. The van der Waals surface area contributed by atoms with Crippen LogP contribution in [0.1, 0.15) is 23.0 Å². The second-order valence-corrected chi connectivity index (χ2v) is 6.12. The molecule has 12 heteroatoms. The molecule has 0 radical (unpaired) electrons. The van der Waals surface area contributed by atoms with Crippen molar-refractivity contribution >= 4 is 17.9 Å². The van der Waals surface area contributed by atoms with Crippen molar-refractivity contribution in [2.75, 3.05) is 12.3 Å². The van der Waals surface area contributed by atoms with Crippen molar-refractivity contribution < 1.29 is 14.2 Å². The summed E-state index contributed by atoms with van der Waals surface area (Å²) in [4.78, 5) is 16.8. The van der Waals surface area contributed by atoms with Gasteiger partial charge in [0.05, 0.1) is 12.8 Å². The number of carbonyl (C=O) groups excluding carboxylic acids is 1. The monoisotopic (exact) mass is 419 g/mol. The molecule has 0 aliphatic carbocycles. The van der Waals surface area contributed by atoms with Gasteiger partial charge in [-0.15, -0.1) is 5.10 Å². The lowest BCUT2D eigenvalue weighted by Crippen LogP contribution is -2.19. The van der Waals surface area contributed by atoms with E-state index in [9.17, 15) is 4.79 Å². The normalized spacial score (nSPS) is 11.0. The molecule has 0 saturated carbocycles. The van der Waals surface area contributed by atoms with Crippen molar-refractivity contribution in [3.05, 3.63) is 60.0 Å². The number of rotatable bonds is 7. The number of nitrogen functional groups attached to an aromatic ring is 1. The fourth-order valence-electron chi connectivity index (χ4n) is 2.75. The Bertz CT molecular complexity index is 1220. The smallest absolute Gasteiger partial charge is 0.294 e. The summed E-state index contributed by atoms with van der Waals surface area (Å²) in [5, 5.41) is 19.3. The van der Waals surface area contributed by atoms with Gasteiger partial charge in [0, 0.05) is 23.5 Å². The van der Waals surface area contributed by atoms with Gasteiger partial charge in [-0.1, -0.05) is 23.4 Å². The first-order valence-corrected chi connectivity index (χ1v) is 9.18. The molecule has 3 heterocycles. The van der Waals surface area contributed by atoms with Crippen molar-refractivity contribution in [1.29, 1.82) is 0 Å². The first-order valence-electron chi connectivity index (χ1n) is 9.18. The van der Waals surface area contributed by atoms with Crippen LogP contribution in [0.5, 0.6) is 5.75 Å². The number of anilines is 1. The number of aromatic nitrogens is 6. The highest BCUT2D eigenvalue weighted by atomic mass is 16.6. The van der Waals surface area contributed by atoms with Crippen LogP contribution in [0, 0.1) is 0 Å². The van der Waals surface area contributed by atoms with E-state index in [-0.39, 0.29) is 17.3 Å². The predicted octanol–water partition coefficient (Wildman–Crippen LogP) is 1.46. The van der Waals surface area contributed by atoms with Crippen LogP contribution in [0.3, 0.4) is 0 Å². The van der Waals surface area contributed by atoms with Gasteiger partial charge in [-0.2, -0.15) is 9.78 Å². The summed E-state index contributed by atoms with van der Waals surface area (Å²) in [7, 11) is 0. The Labute approximate surface area is 175 Å². The lowest BCUT2D eigenvalue weighted by molar-refractivity contribution is 0.0950. The van der Waals surface area contributed by atoms with E-state index in [4.69, 9.17) is 10.5 Å². The molecule has 0 aliphatic heterocycles. The molecule has 0 bridgehead atoms. The first kappa shape index (κ1) is 19.7. The van der Waals surface area contributed by atoms with Crippen LogP contribution in [0.15, 0.2) is 58.5 Å². The molecule has 0 atom stereocenters. The molecular formula is C19H17N9O3. The summed E-state index contributed by atoms with van der Waals surface area (Å²) in [5.74, 6) is 0.120. The lowest BCUT2D eigenvalue weighted by Gasteiger charge is -2.08. The summed E-state index contributed by atoms with van der Waals surface area (Å²) in [6, 6.07) is 10.7. The Hall–Kier alpha value is -4.61. The average Bonchev–Trinajstić information content (AvgIpc) is 3.41. The van der Waals surface area contributed by atoms with E-state index in [1.165, 1.54) is 10.9 Å². The number of amides is 1. The third kappa shape index (κ3) is 4.22. The molecule has 4 rings (SSSR count). The van der Waals surface area contributed by atoms with Gasteiger partial charge in [-0.3, -0.25) is 9.78 Å². The Kier molecular flexibility index (Phi) is 5.60. The molecule has 1 amide bonds. The number of benzene rings is 1. The number of nitrogens with one attached hydrogen (secondary N) is 1. The molecule has 0 unspecified atom stereocenters. The SMILES string of the molecule is CCOc1cccc(-c2c(C(=O)N/N=C\c3cccnc3)nnn2-c2nonc2N)c1. The molecule has 31 heavy (non-hydrogen) atoms. The van der Waals surface area contributed by atoms with E-state index in [0.717, 1.165) is 5.56 Å². The second-order valence-electron chi connectivity index (χ2n) is 6.12. The molecule has 0 aliphatic rings. The van der Waals surface area contributed by atoms with Crippen LogP contribution in [-0.2, 0) is 0 Å². The molecule has 3 aromatic heterocycles. The van der Waals surface area contributed by atoms with Crippen LogP contribution in [0.4, 0.5) is 5.82 Å². The van der Waals surface area contributed by atoms with Crippen LogP contribution < -0.4 is 15.9 Å². The van der Waals surface area contributed by atoms with Crippen LogP contribution in [0.25, 0.3) is 17.1 Å². The minimum absolute atomic E-state index is 0.000569. The molecule has 12 nitrogen and oxygen atoms in total. The summed E-state index contributed by atoms with van der Waals surface area (Å²) in [5.41, 5.74) is 9.89. The number of carbonyl (C=O) groups is 1. The number of nitrogens with two attached hydrogens (primary N) is 1. The van der Waals surface area contributed by atoms with Gasteiger partial charge in [0.25, 0.3) is 5.91 Å². The average molecular weight is 419 g/mol. The van der Waals surface area contributed by atoms with E-state index in [1.54, 1.807) is 48.8 Å². The predicted molar refractivity (Wildman–Crippen MR) is 110 cm³/mol. The van der Waals surface area contributed by atoms with Gasteiger partial charge >= 0.3 is 0 Å². The Morgan fingerprint density at radius 3 is 2.97 bits per heavy atom. The number of nitrogens with zero attached hydrogens (tertiary/aromatic N) is 7. The van der Waals surface area contributed by atoms with Crippen molar-refractivity contribution in [3.8, 4) is 22.8 Å². The van der Waals surface area contributed by atoms with Crippen LogP contribution in [0.2, 0.25) is 0 Å². The fourth-order valence-corrected chi connectivity index (χ4v) is 2.75. The highest BCUT2D eigenvalue weighted by Crippen LogP contribution is 2.29. The Balaban J connectivity index is 1.72. The summed E-state index contributed by atoms with van der Waals surface area (Å²) in [6.07, 6.45) is 4.71. The van der Waals surface area contributed by atoms with Gasteiger partial charge in [-0.05, 0) is 35.4 Å². The van der Waals surface area contributed by atoms with Gasteiger partial charge in [0.15, 0.2) is 5.69 Å². The highest BCUT2D eigenvalue weighted by Gasteiger charge is 2.25. The second kappa shape index (κ2) is 8.82. The number of ether oxygens (including phenoxy) is 1. The molecule has 0 fully saturated rings. The molecule has 156 valence electrons. The Morgan fingerprint density at radius 2 is 2.23 bits per heavy atom. The highest BCUT2D eigenvalue weighted by molar-refractivity contribution is 5.98. The molecule has 0 spiro atoms. The zero-order valence-corrected chi connectivity index (χ0v) is 16.3. The number of pyridine rings is 1. The molecule has 3 N–H and O–H groups in total. The molecule has 0 saturated heterocycles. The van der Waals surface area contributed by atoms with Crippen LogP contribution >= 0.6 is 0 Å². The van der Waals surface area contributed by atoms with Crippen molar-refractivity contribution in [2.24, 2.45) is 5.10 Å². The maximum atomic E-state index is 12.8. The van der Waals surface area contributed by atoms with E-state index in [0.29, 0.717) is 23.6 Å². The van der Waals surface area contributed by atoms with E-state index >= 15 is 0 Å². The number of hydrazone groups is 1. The largest absolute Gasteiger partial charge is 0.494 e. The Morgan fingerprint density at radius 1 is 1.32 bits per heavy atom. The molecule has 1 aromatic carbocycles. The topological polar surface area (TPSA) is 159 Å². The van der Waals surface area contributed by atoms with Gasteiger partial charge in [0.1, 0.15) is 11.4 Å². The van der Waals surface area contributed by atoms with Crippen LogP contribution in [-0.4, -0.2) is 49.0 Å². The summed E-state index contributed by atoms with van der Waals surface area (Å²) in [6.45, 7) is 2.36. The first-order chi connectivity index (χ1) is 15.2. The maximum Gasteiger partial charge on any atom is 0.294 e. The minimum Gasteiger partial charge on any atom is -0.494 e. The maximum absolute atomic E-state index is 12.8. The number of hydrogen-bond donors (Lipinski definition) is 2. The quantitative estimate of drug-likeness (QED) is 0.334. The van der Waals surface area contributed by atoms with Crippen molar-refractivity contribution in [1.82, 2.24) is 35.7 Å². The standard InChI is InChI=1S/C19H17N9O3/c1-2-30-14-7-3-6-13(9-14)16-15(23-27-28(16)18-17(20)25-31-26-18)19(29)24-22-11-12-5-4-8-21-10-12/h3-11H,2H2,1H3,(H2,20,25)(H,24,29)/b22-11-. The van der Waals surface area contributed by atoms with E-state index in [1.807, 2.05) is 6.92 Å². The van der Waals surface area contributed by atoms with Gasteiger partial charge in [0.2, 0.25) is 11.6 Å². The molecular weight excluding hydrogens is 402 g/mol. The van der Waals surface area contributed by atoms with E-state index < -0.39 is 5.91 Å². The lowest BCUT2D eigenvalue weighted by atomic mass is 10.1. The zero-order chi connectivity index (χ0) is 21.6. The third-order valence-corrected chi connectivity index (χ3v) is 4.06. The summed E-state index contributed by atoms with van der Waals surface area (Å²) < 4.78 is 11.5. The van der Waals surface area contributed by atoms with Crippen molar-refractivity contribution in [3.63, 3.8) is 0 Å². The minimum atomic E-state index is -0.585. The third-order valence-electron chi connectivity index (χ3n) is 4.06. The van der Waals surface area contributed by atoms with Crippen molar-refractivity contribution in [2.45, 2.75) is 6.92 Å². The number of hydrogen-bond acceptors (Lipinski definition) is 10. The van der Waals surface area contributed by atoms with E-state index in [2.05, 4.69) is 40.8 Å².